The maximum Gasteiger partial charge on any atom is 0.385 e. The van der Waals surface area contributed by atoms with Crippen molar-refractivity contribution in [1.82, 2.24) is 19.8 Å². The molecule has 110 valence electrons. The molecule has 0 saturated carbocycles. The summed E-state index contributed by atoms with van der Waals surface area (Å²) in [5.74, 6) is 0.117. The number of fused-ring (bicyclic) bond motifs is 1. The number of aromatic nitrogens is 4. The monoisotopic (exact) mass is 411 g/mol. The van der Waals surface area contributed by atoms with E-state index in [1.165, 1.54) is 4.52 Å². The van der Waals surface area contributed by atoms with Crippen LogP contribution in [0.5, 0.6) is 0 Å². The Hall–Kier alpha value is -0.770. The van der Waals surface area contributed by atoms with Crippen molar-refractivity contribution >= 4 is 47.1 Å². The third-order valence-electron chi connectivity index (χ3n) is 2.52. The maximum atomic E-state index is 12.7. The van der Waals surface area contributed by atoms with Crippen molar-refractivity contribution in [3.05, 3.63) is 9.26 Å². The molecule has 20 heavy (non-hydrogen) atoms. The SMILES string of the molecule is CCOP(=O)(OCC)c1nnc2c(I)c(C)nn2c1N. The first-order valence-corrected chi connectivity index (χ1v) is 8.63. The molecule has 2 rings (SSSR count). The Morgan fingerprint density at radius 3 is 2.45 bits per heavy atom. The van der Waals surface area contributed by atoms with Crippen molar-refractivity contribution in [3.8, 4) is 0 Å². The van der Waals surface area contributed by atoms with Crippen LogP contribution in [-0.2, 0) is 13.6 Å². The maximum absolute atomic E-state index is 12.7. The van der Waals surface area contributed by atoms with E-state index < -0.39 is 7.60 Å². The lowest BCUT2D eigenvalue weighted by Gasteiger charge is -2.16. The molecule has 10 heteroatoms. The van der Waals surface area contributed by atoms with Crippen molar-refractivity contribution in [1.29, 1.82) is 0 Å². The molecule has 0 atom stereocenters. The highest BCUT2D eigenvalue weighted by molar-refractivity contribution is 14.1. The van der Waals surface area contributed by atoms with Gasteiger partial charge in [-0.3, -0.25) is 4.57 Å². The zero-order valence-corrected chi connectivity index (χ0v) is 14.4. The summed E-state index contributed by atoms with van der Waals surface area (Å²) in [7, 11) is -3.58. The summed E-state index contributed by atoms with van der Waals surface area (Å²) >= 11 is 2.11. The van der Waals surface area contributed by atoms with Crippen LogP contribution in [0.4, 0.5) is 5.82 Å². The molecule has 2 aromatic heterocycles. The fraction of sp³-hybridized carbons (Fsp3) is 0.500. The second kappa shape index (κ2) is 5.92. The molecule has 2 heterocycles. The molecular formula is C10H15IN5O3P. The van der Waals surface area contributed by atoms with E-state index in [2.05, 4.69) is 37.9 Å². The van der Waals surface area contributed by atoms with Crippen molar-refractivity contribution in [2.45, 2.75) is 20.8 Å². The average molecular weight is 411 g/mol. The molecule has 0 radical (unpaired) electrons. The van der Waals surface area contributed by atoms with E-state index in [1.807, 2.05) is 6.92 Å². The van der Waals surface area contributed by atoms with Crippen LogP contribution in [0.2, 0.25) is 0 Å². The molecule has 0 aromatic carbocycles. The Kier molecular flexibility index (Phi) is 4.62. The molecule has 0 spiro atoms. The van der Waals surface area contributed by atoms with Crippen molar-refractivity contribution in [3.63, 3.8) is 0 Å². The van der Waals surface area contributed by atoms with Gasteiger partial charge >= 0.3 is 7.60 Å². The molecule has 0 bridgehead atoms. The van der Waals surface area contributed by atoms with Crippen LogP contribution in [0.3, 0.4) is 0 Å². The number of halogens is 1. The van der Waals surface area contributed by atoms with Crippen LogP contribution in [0.15, 0.2) is 0 Å². The molecule has 0 saturated heterocycles. The third kappa shape index (κ3) is 2.54. The van der Waals surface area contributed by atoms with Crippen molar-refractivity contribution < 1.29 is 13.6 Å². The van der Waals surface area contributed by atoms with Gasteiger partial charge in [-0.2, -0.15) is 9.61 Å². The summed E-state index contributed by atoms with van der Waals surface area (Å²) < 4.78 is 25.4. The number of nitrogens with zero attached hydrogens (tertiary/aromatic N) is 4. The minimum atomic E-state index is -3.58. The van der Waals surface area contributed by atoms with Gasteiger partial charge < -0.3 is 14.8 Å². The predicted octanol–water partition coefficient (Wildman–Crippen LogP) is 1.51. The van der Waals surface area contributed by atoms with Gasteiger partial charge in [-0.15, -0.1) is 10.2 Å². The van der Waals surface area contributed by atoms with Gasteiger partial charge in [0, 0.05) is 0 Å². The zero-order valence-electron chi connectivity index (χ0n) is 11.3. The van der Waals surface area contributed by atoms with Gasteiger partial charge in [0.25, 0.3) is 0 Å². The smallest absolute Gasteiger partial charge is 0.381 e. The second-order valence-corrected chi connectivity index (χ2v) is 6.89. The Bertz CT molecular complexity index is 679. The number of aryl methyl sites for hydroxylation is 1. The van der Waals surface area contributed by atoms with Gasteiger partial charge in [-0.1, -0.05) is 0 Å². The fourth-order valence-corrected chi connectivity index (χ4v) is 3.66. The summed E-state index contributed by atoms with van der Waals surface area (Å²) in [4.78, 5) is 0. The standard InChI is InChI=1S/C10H15IN5O3P/c1-4-18-20(17,19-5-2)10-8(12)16-9(13-14-10)7(11)6(3)15-16/h4-5,12H2,1-3H3. The van der Waals surface area contributed by atoms with E-state index in [0.29, 0.717) is 5.65 Å². The normalized spacial score (nSPS) is 12.2. The van der Waals surface area contributed by atoms with Crippen LogP contribution in [-0.4, -0.2) is 33.0 Å². The third-order valence-corrected chi connectivity index (χ3v) is 5.82. The summed E-state index contributed by atoms with van der Waals surface area (Å²) in [5, 5.41) is 12.2. The first kappa shape index (κ1) is 15.6. The van der Waals surface area contributed by atoms with Crippen LogP contribution < -0.4 is 11.2 Å². The van der Waals surface area contributed by atoms with Gasteiger partial charge in [0.05, 0.1) is 22.5 Å². The molecule has 0 amide bonds. The zero-order chi connectivity index (χ0) is 14.9. The minimum absolute atomic E-state index is 0.00685. The minimum Gasteiger partial charge on any atom is -0.381 e. The summed E-state index contributed by atoms with van der Waals surface area (Å²) in [5.41, 5.74) is 7.29. The second-order valence-electron chi connectivity index (χ2n) is 3.88. The molecule has 2 N–H and O–H groups in total. The lowest BCUT2D eigenvalue weighted by atomic mass is 10.5. The van der Waals surface area contributed by atoms with Crippen LogP contribution in [0.25, 0.3) is 5.65 Å². The molecule has 2 aromatic rings. The van der Waals surface area contributed by atoms with Crippen LogP contribution in [0, 0.1) is 10.5 Å². The fourth-order valence-electron chi connectivity index (χ4n) is 1.69. The lowest BCUT2D eigenvalue weighted by molar-refractivity contribution is 0.229. The number of hydrogen-bond donors (Lipinski definition) is 1. The number of rotatable bonds is 5. The Morgan fingerprint density at radius 2 is 1.90 bits per heavy atom. The van der Waals surface area contributed by atoms with E-state index >= 15 is 0 Å². The first-order valence-electron chi connectivity index (χ1n) is 6.01. The molecule has 8 nitrogen and oxygen atoms in total. The summed E-state index contributed by atoms with van der Waals surface area (Å²) in [6.45, 7) is 5.70. The van der Waals surface area contributed by atoms with E-state index in [9.17, 15) is 4.57 Å². The van der Waals surface area contributed by atoms with Gasteiger partial charge in [-0.05, 0) is 43.4 Å². The molecular weight excluding hydrogens is 396 g/mol. The highest BCUT2D eigenvalue weighted by Crippen LogP contribution is 2.47. The highest BCUT2D eigenvalue weighted by Gasteiger charge is 2.33. The van der Waals surface area contributed by atoms with E-state index in [0.717, 1.165) is 9.26 Å². The largest absolute Gasteiger partial charge is 0.385 e. The first-order chi connectivity index (χ1) is 9.44. The topological polar surface area (TPSA) is 105 Å². The number of anilines is 1. The summed E-state index contributed by atoms with van der Waals surface area (Å²) in [6, 6.07) is 0. The van der Waals surface area contributed by atoms with Gasteiger partial charge in [0.15, 0.2) is 11.5 Å². The lowest BCUT2D eigenvalue weighted by Crippen LogP contribution is -2.23. The molecule has 0 fully saturated rings. The van der Waals surface area contributed by atoms with Crippen LogP contribution >= 0.6 is 30.2 Å². The Labute approximate surface area is 129 Å². The highest BCUT2D eigenvalue weighted by atomic mass is 127. The molecule has 0 unspecified atom stereocenters. The quantitative estimate of drug-likeness (QED) is 0.588. The Morgan fingerprint density at radius 1 is 1.30 bits per heavy atom. The van der Waals surface area contributed by atoms with Gasteiger partial charge in [0.1, 0.15) is 0 Å². The molecule has 0 aliphatic heterocycles. The molecule has 0 aliphatic rings. The van der Waals surface area contributed by atoms with E-state index in [-0.39, 0.29) is 24.5 Å². The van der Waals surface area contributed by atoms with Crippen LogP contribution in [0.1, 0.15) is 19.5 Å². The molecule has 0 aliphatic carbocycles. The van der Waals surface area contributed by atoms with E-state index in [4.69, 9.17) is 14.8 Å². The van der Waals surface area contributed by atoms with E-state index in [1.54, 1.807) is 13.8 Å². The number of hydrogen-bond acceptors (Lipinski definition) is 7. The summed E-state index contributed by atoms with van der Waals surface area (Å²) in [6.07, 6.45) is 0. The van der Waals surface area contributed by atoms with Crippen molar-refractivity contribution in [2.24, 2.45) is 0 Å². The predicted molar refractivity (Wildman–Crippen MR) is 83.1 cm³/mol. The van der Waals surface area contributed by atoms with Gasteiger partial charge in [0.2, 0.25) is 5.44 Å². The number of nitrogens with two attached hydrogens (primary N) is 1. The van der Waals surface area contributed by atoms with Crippen molar-refractivity contribution in [2.75, 3.05) is 18.9 Å². The average Bonchev–Trinajstić information content (AvgIpc) is 2.68. The van der Waals surface area contributed by atoms with Gasteiger partial charge in [-0.25, -0.2) is 0 Å². The number of nitrogen functional groups attached to an aromatic ring is 1. The Balaban J connectivity index is 2.65.